The number of sulfone groups is 1. The number of aromatic nitrogens is 2. The molecule has 2 aromatic rings. The number of anilines is 1. The lowest BCUT2D eigenvalue weighted by molar-refractivity contribution is -0.368. The summed E-state index contributed by atoms with van der Waals surface area (Å²) in [5.41, 5.74) is 4.87. The van der Waals surface area contributed by atoms with Gasteiger partial charge in [-0.3, -0.25) is 4.79 Å². The van der Waals surface area contributed by atoms with E-state index >= 15 is 0 Å². The summed E-state index contributed by atoms with van der Waals surface area (Å²) in [6.07, 6.45) is 3.25. The monoisotopic (exact) mass is 401 g/mol. The Hall–Kier alpha value is -1.97. The molecule has 0 radical (unpaired) electrons. The average molecular weight is 402 g/mol. The Morgan fingerprint density at radius 3 is 2.77 bits per heavy atom. The molecule has 8 nitrogen and oxygen atoms in total. The zero-order valence-electron chi connectivity index (χ0n) is 14.5. The number of amides is 1. The molecule has 142 valence electrons. The third kappa shape index (κ3) is 5.52. The highest BCUT2D eigenvalue weighted by molar-refractivity contribution is 7.91. The molecule has 0 fully saturated rings. The number of quaternary nitrogens is 1. The van der Waals surface area contributed by atoms with Gasteiger partial charge in [-0.2, -0.15) is 0 Å². The lowest BCUT2D eigenvalue weighted by Crippen LogP contribution is -2.50. The van der Waals surface area contributed by atoms with E-state index in [-0.39, 0.29) is 5.89 Å². The Labute approximate surface area is 157 Å². The quantitative estimate of drug-likeness (QED) is 0.611. The van der Waals surface area contributed by atoms with E-state index in [1.165, 1.54) is 0 Å². The van der Waals surface area contributed by atoms with Gasteiger partial charge in [0.05, 0.1) is 6.54 Å². The molecule has 2 rings (SSSR count). The predicted molar refractivity (Wildman–Crippen MR) is 96.5 cm³/mol. The number of unbranched alkanes of at least 4 members (excludes halogenated alkanes) is 2. The lowest BCUT2D eigenvalue weighted by atomic mass is 10.2. The number of hydrogen-bond donors (Lipinski definition) is 2. The highest BCUT2D eigenvalue weighted by Gasteiger charge is 2.26. The second kappa shape index (κ2) is 9.11. The summed E-state index contributed by atoms with van der Waals surface area (Å²) < 4.78 is 29.8. The van der Waals surface area contributed by atoms with Crippen LogP contribution in [-0.4, -0.2) is 36.8 Å². The van der Waals surface area contributed by atoms with Crippen LogP contribution in [0.5, 0.6) is 0 Å². The molecule has 0 saturated carbocycles. The van der Waals surface area contributed by atoms with Crippen LogP contribution in [0.25, 0.3) is 0 Å². The maximum absolute atomic E-state index is 12.3. The van der Waals surface area contributed by atoms with Crippen molar-refractivity contribution in [3.8, 4) is 0 Å². The first kappa shape index (κ1) is 20.3. The van der Waals surface area contributed by atoms with Gasteiger partial charge in [0.15, 0.2) is 0 Å². The molecule has 10 heteroatoms. The maximum atomic E-state index is 12.3. The Bertz CT molecular complexity index is 867. The smallest absolute Gasteiger partial charge is 0.336 e. The van der Waals surface area contributed by atoms with Crippen LogP contribution in [0.2, 0.25) is 5.02 Å². The van der Waals surface area contributed by atoms with Crippen LogP contribution in [-0.2, 0) is 21.1 Å². The highest BCUT2D eigenvalue weighted by atomic mass is 35.5. The van der Waals surface area contributed by atoms with E-state index in [1.54, 1.807) is 25.1 Å². The Morgan fingerprint density at radius 2 is 2.04 bits per heavy atom. The predicted octanol–water partition coefficient (Wildman–Crippen LogP) is 1.40. The molecule has 0 aliphatic rings. The zero-order valence-corrected chi connectivity index (χ0v) is 16.1. The number of nitrogens with one attached hydrogen (secondary N) is 1. The van der Waals surface area contributed by atoms with Crippen molar-refractivity contribution < 1.29 is 23.4 Å². The van der Waals surface area contributed by atoms with Crippen LogP contribution in [0.1, 0.15) is 30.7 Å². The number of nitrogens with zero attached hydrogens (tertiary/aromatic N) is 2. The molecule has 1 heterocycles. The second-order valence-corrected chi connectivity index (χ2v) is 8.12. The van der Waals surface area contributed by atoms with Crippen molar-refractivity contribution in [3.05, 3.63) is 34.7 Å². The van der Waals surface area contributed by atoms with Crippen molar-refractivity contribution in [2.75, 3.05) is 17.6 Å². The number of aryl methyl sites for hydroxylation is 1. The molecule has 4 N–H and O–H groups in total. The summed E-state index contributed by atoms with van der Waals surface area (Å²) >= 11 is 5.98. The van der Waals surface area contributed by atoms with Crippen molar-refractivity contribution in [2.45, 2.75) is 37.8 Å². The van der Waals surface area contributed by atoms with Crippen molar-refractivity contribution in [1.82, 2.24) is 10.2 Å². The largest absolute Gasteiger partial charge is 0.413 e. The first-order valence-electron chi connectivity index (χ1n) is 8.23. The maximum Gasteiger partial charge on any atom is 0.336 e. The fraction of sp³-hybridized carbons (Fsp3) is 0.438. The number of benzene rings is 1. The van der Waals surface area contributed by atoms with Gasteiger partial charge < -0.3 is 15.5 Å². The minimum Gasteiger partial charge on any atom is -0.413 e. The Balaban J connectivity index is 1.98. The van der Waals surface area contributed by atoms with Gasteiger partial charge in [0.1, 0.15) is 5.75 Å². The second-order valence-electron chi connectivity index (χ2n) is 5.85. The van der Waals surface area contributed by atoms with Crippen LogP contribution in [0.4, 0.5) is 5.69 Å². The summed E-state index contributed by atoms with van der Waals surface area (Å²) in [5, 5.41) is 9.77. The number of rotatable bonds is 9. The van der Waals surface area contributed by atoms with Crippen LogP contribution >= 0.6 is 11.6 Å². The summed E-state index contributed by atoms with van der Waals surface area (Å²) in [6.45, 7) is 2.58. The van der Waals surface area contributed by atoms with E-state index in [9.17, 15) is 13.2 Å². The van der Waals surface area contributed by atoms with Gasteiger partial charge in [0, 0.05) is 17.1 Å². The van der Waals surface area contributed by atoms with Crippen molar-refractivity contribution in [2.24, 2.45) is 0 Å². The molecule has 0 atom stereocenters. The summed E-state index contributed by atoms with van der Waals surface area (Å²) in [6, 6.07) is 4.99. The third-order valence-corrected chi connectivity index (χ3v) is 5.47. The molecule has 0 spiro atoms. The number of carbonyl (C=O) groups is 1. The highest BCUT2D eigenvalue weighted by Crippen LogP contribution is 2.23. The van der Waals surface area contributed by atoms with Gasteiger partial charge in [-0.25, -0.2) is 8.42 Å². The third-order valence-electron chi connectivity index (χ3n) is 3.72. The van der Waals surface area contributed by atoms with E-state index in [2.05, 4.69) is 21.2 Å². The van der Waals surface area contributed by atoms with Crippen molar-refractivity contribution in [3.63, 3.8) is 0 Å². The first-order chi connectivity index (χ1) is 12.3. The van der Waals surface area contributed by atoms with E-state index in [1.807, 2.05) is 0 Å². The SMILES string of the molecule is Cc1c(Cl)cccc1NC(=O)CS(=O)(=O)c1nnc(CCCCC[NH3+])o1. The normalized spacial score (nSPS) is 11.5. The molecule has 1 amide bonds. The molecule has 0 aliphatic heterocycles. The molecule has 26 heavy (non-hydrogen) atoms. The number of halogens is 1. The van der Waals surface area contributed by atoms with E-state index in [4.69, 9.17) is 16.0 Å². The minimum absolute atomic E-state index is 0.249. The summed E-state index contributed by atoms with van der Waals surface area (Å²) in [4.78, 5) is 12.1. The summed E-state index contributed by atoms with van der Waals surface area (Å²) in [5.74, 6) is -1.24. The Kier molecular flexibility index (Phi) is 7.13. The van der Waals surface area contributed by atoms with Crippen molar-refractivity contribution in [1.29, 1.82) is 0 Å². The molecule has 0 unspecified atom stereocenters. The molecule has 0 saturated heterocycles. The van der Waals surface area contributed by atoms with Gasteiger partial charge in [0.2, 0.25) is 21.6 Å². The van der Waals surface area contributed by atoms with Gasteiger partial charge in [-0.15, -0.1) is 5.10 Å². The van der Waals surface area contributed by atoms with E-state index < -0.39 is 26.7 Å². The molecule has 1 aromatic carbocycles. The van der Waals surface area contributed by atoms with Crippen LogP contribution in [0.15, 0.2) is 27.8 Å². The first-order valence-corrected chi connectivity index (χ1v) is 10.3. The van der Waals surface area contributed by atoms with E-state index in [0.29, 0.717) is 22.7 Å². The molecule has 1 aromatic heterocycles. The average Bonchev–Trinajstić information content (AvgIpc) is 3.05. The fourth-order valence-corrected chi connectivity index (χ4v) is 3.36. The van der Waals surface area contributed by atoms with E-state index in [0.717, 1.165) is 25.8 Å². The van der Waals surface area contributed by atoms with Gasteiger partial charge in [0.25, 0.3) is 0 Å². The van der Waals surface area contributed by atoms with Gasteiger partial charge >= 0.3 is 5.22 Å². The zero-order chi connectivity index (χ0) is 19.2. The number of carbonyl (C=O) groups excluding carboxylic acids is 1. The standard InChI is InChI=1S/C16H21ClN4O4S/c1-11-12(17)6-5-7-13(11)19-14(22)10-26(23,24)16-21-20-15(25-16)8-3-2-4-9-18/h5-7H,2-4,8-10,18H2,1H3,(H,19,22)/p+1. The summed E-state index contributed by atoms with van der Waals surface area (Å²) in [7, 11) is -4.01. The minimum atomic E-state index is -4.01. The molecular weight excluding hydrogens is 380 g/mol. The molecule has 0 aliphatic carbocycles. The topological polar surface area (TPSA) is 130 Å². The molecule has 0 bridgehead atoms. The van der Waals surface area contributed by atoms with Gasteiger partial charge in [-0.05, 0) is 43.9 Å². The van der Waals surface area contributed by atoms with Crippen LogP contribution < -0.4 is 11.1 Å². The van der Waals surface area contributed by atoms with Crippen molar-refractivity contribution >= 4 is 33.0 Å². The van der Waals surface area contributed by atoms with Crippen LogP contribution in [0.3, 0.4) is 0 Å². The molecular formula is C16H22ClN4O4S+. The number of hydrogen-bond acceptors (Lipinski definition) is 6. The van der Waals surface area contributed by atoms with Gasteiger partial charge in [-0.1, -0.05) is 22.8 Å². The lowest BCUT2D eigenvalue weighted by Gasteiger charge is -2.08. The van der Waals surface area contributed by atoms with Crippen LogP contribution in [0, 0.1) is 6.92 Å². The Morgan fingerprint density at radius 1 is 1.27 bits per heavy atom. The fourth-order valence-electron chi connectivity index (χ4n) is 2.26.